The molecule has 0 amide bonds. The summed E-state index contributed by atoms with van der Waals surface area (Å²) in [5, 5.41) is 9.64. The summed E-state index contributed by atoms with van der Waals surface area (Å²) in [7, 11) is 0. The number of isocyanates is 1. The van der Waals surface area contributed by atoms with E-state index in [0.717, 1.165) is 0 Å². The van der Waals surface area contributed by atoms with Crippen LogP contribution in [0.3, 0.4) is 0 Å². The molecule has 0 unspecified atom stereocenters. The molecule has 3 N–H and O–H groups in total. The summed E-state index contributed by atoms with van der Waals surface area (Å²) in [4.78, 5) is 90.2. The lowest BCUT2D eigenvalue weighted by atomic mass is 9.74. The van der Waals surface area contributed by atoms with Crippen LogP contribution in [-0.2, 0) is 47.8 Å². The molecule has 58 heavy (non-hydrogen) atoms. The van der Waals surface area contributed by atoms with Crippen molar-refractivity contribution in [3.05, 3.63) is 34.9 Å². The Hall–Kier alpha value is -3.62. The van der Waals surface area contributed by atoms with E-state index in [2.05, 4.69) is 20.9 Å². The van der Waals surface area contributed by atoms with Gasteiger partial charge in [-0.05, 0) is 55.1 Å². The van der Waals surface area contributed by atoms with E-state index in [-0.39, 0.29) is 87.5 Å². The van der Waals surface area contributed by atoms with Crippen LogP contribution in [0, 0.1) is 16.2 Å². The van der Waals surface area contributed by atoms with Gasteiger partial charge in [0.25, 0.3) is 0 Å². The molecule has 14 heteroatoms. The summed E-state index contributed by atoms with van der Waals surface area (Å²) < 4.78 is 17.9. The van der Waals surface area contributed by atoms with Gasteiger partial charge in [-0.15, -0.1) is 0 Å². The second kappa shape index (κ2) is 23.2. The fourth-order valence-corrected chi connectivity index (χ4v) is 7.35. The third-order valence-electron chi connectivity index (χ3n) is 10.3. The van der Waals surface area contributed by atoms with Crippen molar-refractivity contribution in [2.45, 2.75) is 105 Å². The molecule has 0 bridgehead atoms. The number of rotatable bonds is 25. The molecule has 3 aliphatic rings. The quantitative estimate of drug-likeness (QED) is 0.0398. The summed E-state index contributed by atoms with van der Waals surface area (Å²) in [5.74, 6) is -0.699. The van der Waals surface area contributed by atoms with Crippen molar-refractivity contribution in [2.24, 2.45) is 21.2 Å². The Bertz CT molecular complexity index is 1390. The zero-order valence-corrected chi connectivity index (χ0v) is 35.6. The van der Waals surface area contributed by atoms with Crippen molar-refractivity contribution in [2.75, 3.05) is 78.9 Å². The SMILES string of the molecule is CC1(C)CC(=O)C(=CCNCCCOCC(COCCCNCC=C2C(=O)CC(C)(C)CC2=O)(COCCCNCC=C2C(=O)CC(C)(C)CC2=O)N=C=O)C(=O)C1. The molecule has 0 atom stereocenters. The Morgan fingerprint density at radius 3 is 1.02 bits per heavy atom. The first-order valence-corrected chi connectivity index (χ1v) is 20.6. The van der Waals surface area contributed by atoms with E-state index in [1.165, 1.54) is 0 Å². The first kappa shape index (κ1) is 48.7. The molecular formula is C44H66N4O10. The minimum atomic E-state index is -1.14. The number of hydrogen-bond acceptors (Lipinski definition) is 14. The summed E-state index contributed by atoms with van der Waals surface area (Å²) >= 11 is 0. The lowest BCUT2D eigenvalue weighted by molar-refractivity contribution is -0.129. The summed E-state index contributed by atoms with van der Waals surface area (Å²) in [5.41, 5.74) is -1.25. The molecule has 3 aliphatic carbocycles. The number of hydrogen-bond donors (Lipinski definition) is 3. The Labute approximate surface area is 343 Å². The number of carbonyl (C=O) groups excluding carboxylic acids is 7. The van der Waals surface area contributed by atoms with Crippen molar-refractivity contribution in [3.8, 4) is 0 Å². The third kappa shape index (κ3) is 16.9. The van der Waals surface area contributed by atoms with E-state index < -0.39 is 5.54 Å². The molecule has 0 aromatic heterocycles. The largest absolute Gasteiger partial charge is 0.379 e. The molecule has 322 valence electrons. The number of ether oxygens (including phenoxy) is 3. The molecule has 0 spiro atoms. The van der Waals surface area contributed by atoms with Crippen molar-refractivity contribution in [3.63, 3.8) is 0 Å². The van der Waals surface area contributed by atoms with Gasteiger partial charge < -0.3 is 30.2 Å². The van der Waals surface area contributed by atoms with Crippen molar-refractivity contribution in [1.29, 1.82) is 0 Å². The first-order chi connectivity index (χ1) is 27.4. The van der Waals surface area contributed by atoms with Crippen LogP contribution in [0.1, 0.15) is 99.3 Å². The van der Waals surface area contributed by atoms with Gasteiger partial charge in [0, 0.05) is 78.0 Å². The number of carbonyl (C=O) groups is 6. The molecule has 0 aromatic carbocycles. The summed E-state index contributed by atoms with van der Waals surface area (Å²) in [6, 6.07) is 0. The molecule has 0 heterocycles. The van der Waals surface area contributed by atoms with E-state index in [0.29, 0.717) is 117 Å². The van der Waals surface area contributed by atoms with Gasteiger partial charge in [0.1, 0.15) is 5.54 Å². The van der Waals surface area contributed by atoms with Gasteiger partial charge in [0.2, 0.25) is 6.08 Å². The van der Waals surface area contributed by atoms with Crippen LogP contribution >= 0.6 is 0 Å². The Balaban J connectivity index is 1.44. The van der Waals surface area contributed by atoms with Gasteiger partial charge in [-0.25, -0.2) is 4.79 Å². The van der Waals surface area contributed by atoms with E-state index in [1.807, 2.05) is 41.5 Å². The van der Waals surface area contributed by atoms with Crippen LogP contribution in [0.2, 0.25) is 0 Å². The zero-order valence-electron chi connectivity index (χ0n) is 35.6. The van der Waals surface area contributed by atoms with Crippen molar-refractivity contribution >= 4 is 40.8 Å². The minimum Gasteiger partial charge on any atom is -0.379 e. The number of aliphatic imine (C=N–C) groups is 1. The molecule has 3 saturated carbocycles. The smallest absolute Gasteiger partial charge is 0.235 e. The number of allylic oxidation sites excluding steroid dienone is 3. The van der Waals surface area contributed by atoms with E-state index in [1.54, 1.807) is 24.3 Å². The van der Waals surface area contributed by atoms with E-state index in [4.69, 9.17) is 14.2 Å². The monoisotopic (exact) mass is 810 g/mol. The minimum absolute atomic E-state index is 0.0421. The summed E-state index contributed by atoms with van der Waals surface area (Å²) in [6.45, 7) is 15.6. The van der Waals surface area contributed by atoms with E-state index in [9.17, 15) is 33.6 Å². The van der Waals surface area contributed by atoms with Gasteiger partial charge >= 0.3 is 0 Å². The van der Waals surface area contributed by atoms with Crippen LogP contribution in [0.25, 0.3) is 0 Å². The average molecular weight is 811 g/mol. The third-order valence-corrected chi connectivity index (χ3v) is 10.3. The first-order valence-electron chi connectivity index (χ1n) is 20.6. The molecule has 14 nitrogen and oxygen atoms in total. The highest BCUT2D eigenvalue weighted by molar-refractivity contribution is 6.23. The van der Waals surface area contributed by atoms with Gasteiger partial charge in [0.05, 0.1) is 36.5 Å². The zero-order chi connectivity index (χ0) is 42.8. The molecule has 0 radical (unpaired) electrons. The maximum absolute atomic E-state index is 12.4. The number of ketones is 6. The molecule has 0 saturated heterocycles. The molecule has 0 aliphatic heterocycles. The number of Topliss-reactive ketones (excluding diaryl/α,β-unsaturated/α-hetero) is 6. The predicted octanol–water partition coefficient (Wildman–Crippen LogP) is 3.70. The lowest BCUT2D eigenvalue weighted by Crippen LogP contribution is -2.43. The Kier molecular flexibility index (Phi) is 19.5. The second-order valence-electron chi connectivity index (χ2n) is 18.2. The Morgan fingerprint density at radius 1 is 0.517 bits per heavy atom. The molecule has 3 rings (SSSR count). The highest BCUT2D eigenvalue weighted by Crippen LogP contribution is 2.35. The fourth-order valence-electron chi connectivity index (χ4n) is 7.35. The van der Waals surface area contributed by atoms with Crippen LogP contribution in [0.4, 0.5) is 0 Å². The molecule has 3 fully saturated rings. The van der Waals surface area contributed by atoms with Gasteiger partial charge in [0.15, 0.2) is 34.7 Å². The van der Waals surface area contributed by atoms with Crippen LogP contribution in [-0.4, -0.2) is 125 Å². The Morgan fingerprint density at radius 2 is 0.776 bits per heavy atom. The van der Waals surface area contributed by atoms with E-state index >= 15 is 0 Å². The highest BCUT2D eigenvalue weighted by Gasteiger charge is 2.37. The fraction of sp³-hybridized carbons (Fsp3) is 0.705. The maximum Gasteiger partial charge on any atom is 0.235 e. The van der Waals surface area contributed by atoms with Crippen molar-refractivity contribution < 1.29 is 47.8 Å². The predicted molar refractivity (Wildman–Crippen MR) is 219 cm³/mol. The normalized spacial score (nSPS) is 19.4. The highest BCUT2D eigenvalue weighted by atomic mass is 16.5. The van der Waals surface area contributed by atoms with Gasteiger partial charge in [-0.1, -0.05) is 59.8 Å². The van der Waals surface area contributed by atoms with Crippen molar-refractivity contribution in [1.82, 2.24) is 16.0 Å². The van der Waals surface area contributed by atoms with Crippen LogP contribution < -0.4 is 16.0 Å². The van der Waals surface area contributed by atoms with Crippen LogP contribution in [0.5, 0.6) is 0 Å². The summed E-state index contributed by atoms with van der Waals surface area (Å²) in [6.07, 6.45) is 10.7. The topological polar surface area (TPSA) is 196 Å². The van der Waals surface area contributed by atoms with Gasteiger partial charge in [-0.2, -0.15) is 4.99 Å². The average Bonchev–Trinajstić information content (AvgIpc) is 3.09. The lowest BCUT2D eigenvalue weighted by Gasteiger charge is -2.28. The van der Waals surface area contributed by atoms with Gasteiger partial charge in [-0.3, -0.25) is 28.8 Å². The molecule has 0 aromatic rings. The number of nitrogens with one attached hydrogen (secondary N) is 3. The maximum atomic E-state index is 12.4. The standard InChI is InChI=1S/C44H66N4O10/c1-41(2)22-35(50)32(36(51)23-41)10-16-45-13-7-19-56-28-44(48-31-49,29-57-20-8-14-46-17-11-33-37(52)24-42(3,4)25-38(33)53)30-58-21-9-15-47-18-12-34-39(54)26-43(5,6)27-40(34)55/h10-12,45-47H,7-9,13-30H2,1-6H3. The number of nitrogens with zero attached hydrogens (tertiary/aromatic N) is 1. The van der Waals surface area contributed by atoms with Crippen LogP contribution in [0.15, 0.2) is 39.9 Å². The second-order valence-corrected chi connectivity index (χ2v) is 18.2. The molecular weight excluding hydrogens is 745 g/mol.